The van der Waals surface area contributed by atoms with Crippen LogP contribution < -0.4 is 21.7 Å². The molecule has 0 aliphatic heterocycles. The maximum atomic E-state index is 12.6. The summed E-state index contributed by atoms with van der Waals surface area (Å²) in [4.78, 5) is 36.5. The summed E-state index contributed by atoms with van der Waals surface area (Å²) in [6, 6.07) is -0.307. The van der Waals surface area contributed by atoms with E-state index in [1.165, 1.54) is 19.3 Å². The molecule has 34 heavy (non-hydrogen) atoms. The molecule has 0 saturated heterocycles. The fraction of sp³-hybridized carbons (Fsp3) is 0.885. The molecule has 1 fully saturated rings. The number of nitrogens with two attached hydrogens (primary N) is 1. The van der Waals surface area contributed by atoms with E-state index in [0.717, 1.165) is 25.7 Å². The van der Waals surface area contributed by atoms with Crippen molar-refractivity contribution < 1.29 is 19.1 Å². The molecule has 1 atom stereocenters. The minimum absolute atomic E-state index is 0.00434. The van der Waals surface area contributed by atoms with E-state index >= 15 is 0 Å². The molecular formula is C26H52N4O4. The molecule has 0 aromatic rings. The Morgan fingerprint density at radius 2 is 1.50 bits per heavy atom. The van der Waals surface area contributed by atoms with Crippen molar-refractivity contribution in [3.63, 3.8) is 0 Å². The highest BCUT2D eigenvalue weighted by molar-refractivity contribution is 5.87. The van der Waals surface area contributed by atoms with E-state index in [1.54, 1.807) is 6.92 Å². The van der Waals surface area contributed by atoms with Crippen molar-refractivity contribution in [2.24, 2.45) is 11.1 Å². The monoisotopic (exact) mass is 484 g/mol. The first-order valence-electron chi connectivity index (χ1n) is 13.2. The molecule has 0 radical (unpaired) electrons. The minimum Gasteiger partial charge on any atom is -0.375 e. The van der Waals surface area contributed by atoms with Crippen molar-refractivity contribution in [2.75, 3.05) is 19.7 Å². The van der Waals surface area contributed by atoms with Crippen LogP contribution in [0.2, 0.25) is 0 Å². The number of hydrogen-bond donors (Lipinski definition) is 4. The highest BCUT2D eigenvalue weighted by Crippen LogP contribution is 2.23. The molecule has 3 amide bonds. The zero-order valence-electron chi connectivity index (χ0n) is 22.9. The molecule has 200 valence electrons. The molecule has 5 N–H and O–H groups in total. The maximum Gasteiger partial charge on any atom is 0.239 e. The van der Waals surface area contributed by atoms with Gasteiger partial charge in [0, 0.05) is 24.6 Å². The van der Waals surface area contributed by atoms with E-state index in [4.69, 9.17) is 10.5 Å². The number of ether oxygens (including phenoxy) is 1. The van der Waals surface area contributed by atoms with Crippen LogP contribution in [0.4, 0.5) is 0 Å². The van der Waals surface area contributed by atoms with E-state index in [9.17, 15) is 14.4 Å². The number of amides is 3. The Hall–Kier alpha value is -1.67. The largest absolute Gasteiger partial charge is 0.375 e. The highest BCUT2D eigenvalue weighted by atomic mass is 16.5. The Balaban J connectivity index is 0.00000529. The number of carbonyl (C=O) groups excluding carboxylic acids is 3. The van der Waals surface area contributed by atoms with Crippen LogP contribution in [0.5, 0.6) is 0 Å². The molecular weight excluding hydrogens is 432 g/mol. The van der Waals surface area contributed by atoms with Crippen molar-refractivity contribution in [3.8, 4) is 0 Å². The number of carbonyl (C=O) groups is 3. The van der Waals surface area contributed by atoms with Gasteiger partial charge in [0.15, 0.2) is 0 Å². The number of nitrogens with one attached hydrogen (secondary N) is 3. The average molecular weight is 485 g/mol. The van der Waals surface area contributed by atoms with E-state index in [0.29, 0.717) is 26.0 Å². The first kappa shape index (κ1) is 32.3. The third kappa shape index (κ3) is 14.6. The first-order valence-corrected chi connectivity index (χ1v) is 13.2. The molecule has 1 saturated carbocycles. The number of rotatable bonds is 12. The van der Waals surface area contributed by atoms with Gasteiger partial charge in [-0.15, -0.1) is 0 Å². The molecule has 0 heterocycles. The standard InChI is InChI=1S/C24H46N4O4.C2H6/c1-18(25)21(30)26-15-13-24(4,5)32-16-14-23(2,3)22(31)27-17-20(29)28-19-11-9-7-6-8-10-12-19;1-2/h18-19H,6-17,25H2,1-5H3,(H,26,30)(H,27,31)(H,28,29);1-2H3/t18-;/m0./s1. The molecule has 8 nitrogen and oxygen atoms in total. The fourth-order valence-corrected chi connectivity index (χ4v) is 3.69. The molecule has 8 heteroatoms. The van der Waals surface area contributed by atoms with E-state index < -0.39 is 17.1 Å². The van der Waals surface area contributed by atoms with Crippen LogP contribution >= 0.6 is 0 Å². The summed E-state index contributed by atoms with van der Waals surface area (Å²) in [6.07, 6.45) is 9.27. The van der Waals surface area contributed by atoms with Gasteiger partial charge in [0.05, 0.1) is 18.2 Å². The molecule has 1 aliphatic carbocycles. The quantitative estimate of drug-likeness (QED) is 0.338. The van der Waals surface area contributed by atoms with Crippen LogP contribution in [-0.4, -0.2) is 55.1 Å². The van der Waals surface area contributed by atoms with Crippen molar-refractivity contribution in [1.82, 2.24) is 16.0 Å². The summed E-state index contributed by atoms with van der Waals surface area (Å²) in [5.41, 5.74) is 4.45. The van der Waals surface area contributed by atoms with Crippen molar-refractivity contribution in [1.29, 1.82) is 0 Å². The summed E-state index contributed by atoms with van der Waals surface area (Å²) >= 11 is 0. The Labute approximate surface area is 207 Å². The Bertz CT molecular complexity index is 598. The lowest BCUT2D eigenvalue weighted by molar-refractivity contribution is -0.133. The molecule has 0 bridgehead atoms. The van der Waals surface area contributed by atoms with Gasteiger partial charge in [-0.3, -0.25) is 14.4 Å². The fourth-order valence-electron chi connectivity index (χ4n) is 3.69. The lowest BCUT2D eigenvalue weighted by Gasteiger charge is -2.29. The van der Waals surface area contributed by atoms with Gasteiger partial charge in [-0.2, -0.15) is 0 Å². The van der Waals surface area contributed by atoms with Gasteiger partial charge in [-0.05, 0) is 46.5 Å². The van der Waals surface area contributed by atoms with Crippen LogP contribution in [0.25, 0.3) is 0 Å². The molecule has 1 rings (SSSR count). The predicted molar refractivity (Wildman–Crippen MR) is 138 cm³/mol. The van der Waals surface area contributed by atoms with Crippen molar-refractivity contribution >= 4 is 17.7 Å². The van der Waals surface area contributed by atoms with Crippen LogP contribution in [0, 0.1) is 5.41 Å². The summed E-state index contributed by atoms with van der Waals surface area (Å²) in [5.74, 6) is -0.459. The van der Waals surface area contributed by atoms with Gasteiger partial charge in [-0.25, -0.2) is 0 Å². The maximum absolute atomic E-state index is 12.6. The summed E-state index contributed by atoms with van der Waals surface area (Å²) in [5, 5.41) is 8.63. The molecule has 0 unspecified atom stereocenters. The lowest BCUT2D eigenvalue weighted by Crippen LogP contribution is -2.46. The lowest BCUT2D eigenvalue weighted by atomic mass is 9.88. The van der Waals surface area contributed by atoms with E-state index in [1.807, 2.05) is 41.5 Å². The summed E-state index contributed by atoms with van der Waals surface area (Å²) < 4.78 is 5.96. The summed E-state index contributed by atoms with van der Waals surface area (Å²) in [7, 11) is 0. The Kier molecular flexibility index (Phi) is 16.0. The second-order valence-electron chi connectivity index (χ2n) is 10.4. The summed E-state index contributed by atoms with van der Waals surface area (Å²) in [6.45, 7) is 14.2. The zero-order valence-corrected chi connectivity index (χ0v) is 22.9. The van der Waals surface area contributed by atoms with Crippen LogP contribution in [-0.2, 0) is 19.1 Å². The normalized spacial score (nSPS) is 16.2. The van der Waals surface area contributed by atoms with Gasteiger partial charge in [0.25, 0.3) is 0 Å². The molecule has 1 aliphatic rings. The topological polar surface area (TPSA) is 123 Å². The van der Waals surface area contributed by atoms with Gasteiger partial charge < -0.3 is 26.4 Å². The van der Waals surface area contributed by atoms with Crippen LogP contribution in [0.3, 0.4) is 0 Å². The van der Waals surface area contributed by atoms with Gasteiger partial charge in [0.2, 0.25) is 17.7 Å². The third-order valence-electron chi connectivity index (χ3n) is 6.15. The Morgan fingerprint density at radius 1 is 0.941 bits per heavy atom. The van der Waals surface area contributed by atoms with Crippen molar-refractivity contribution in [3.05, 3.63) is 0 Å². The molecule has 0 aromatic heterocycles. The smallest absolute Gasteiger partial charge is 0.239 e. The highest BCUT2D eigenvalue weighted by Gasteiger charge is 2.29. The molecule has 0 spiro atoms. The van der Waals surface area contributed by atoms with Crippen LogP contribution in [0.15, 0.2) is 0 Å². The van der Waals surface area contributed by atoms with Gasteiger partial charge in [-0.1, -0.05) is 59.8 Å². The first-order chi connectivity index (χ1) is 15.9. The van der Waals surface area contributed by atoms with Crippen molar-refractivity contribution in [2.45, 2.75) is 124 Å². The zero-order chi connectivity index (χ0) is 26.2. The van der Waals surface area contributed by atoms with E-state index in [2.05, 4.69) is 16.0 Å². The van der Waals surface area contributed by atoms with Crippen LogP contribution in [0.1, 0.15) is 106 Å². The molecule has 0 aromatic carbocycles. The average Bonchev–Trinajstić information content (AvgIpc) is 2.74. The number of hydrogen-bond acceptors (Lipinski definition) is 5. The second-order valence-corrected chi connectivity index (χ2v) is 10.4. The predicted octanol–water partition coefficient (Wildman–Crippen LogP) is 3.42. The SMILES string of the molecule is CC.C[C@H](N)C(=O)NCCC(C)(C)OCCC(C)(C)C(=O)NCC(=O)NC1CCCCCCC1. The van der Waals surface area contributed by atoms with Gasteiger partial charge >= 0.3 is 0 Å². The third-order valence-corrected chi connectivity index (χ3v) is 6.15. The van der Waals surface area contributed by atoms with E-state index in [-0.39, 0.29) is 30.3 Å². The van der Waals surface area contributed by atoms with Gasteiger partial charge in [0.1, 0.15) is 0 Å². The second kappa shape index (κ2) is 16.9. The minimum atomic E-state index is -0.653. The Morgan fingerprint density at radius 3 is 2.06 bits per heavy atom.